The number of ether oxygens (including phenoxy) is 1. The molecular formula is C13H20Cl2N2O2. The van der Waals surface area contributed by atoms with Crippen molar-refractivity contribution < 1.29 is 9.53 Å². The van der Waals surface area contributed by atoms with Crippen molar-refractivity contribution in [2.75, 3.05) is 33.8 Å². The molecule has 0 aliphatic heterocycles. The lowest BCUT2D eigenvalue weighted by molar-refractivity contribution is -0.132. The molecule has 108 valence electrons. The first-order valence-corrected chi connectivity index (χ1v) is 6.20. The SMILES string of the molecule is CNCCN(C)C(=O)COc1cccc(Cl)c1C.Cl. The van der Waals surface area contributed by atoms with Gasteiger partial charge in [0.15, 0.2) is 6.61 Å². The zero-order valence-electron chi connectivity index (χ0n) is 11.4. The van der Waals surface area contributed by atoms with Crippen molar-refractivity contribution in [3.05, 3.63) is 28.8 Å². The molecule has 0 atom stereocenters. The highest BCUT2D eigenvalue weighted by Gasteiger charge is 2.10. The minimum Gasteiger partial charge on any atom is -0.483 e. The van der Waals surface area contributed by atoms with Gasteiger partial charge in [-0.15, -0.1) is 12.4 Å². The van der Waals surface area contributed by atoms with Crippen molar-refractivity contribution in [1.29, 1.82) is 0 Å². The monoisotopic (exact) mass is 306 g/mol. The average molecular weight is 307 g/mol. The first kappa shape index (κ1) is 18.0. The normalized spacial score (nSPS) is 9.68. The zero-order chi connectivity index (χ0) is 13.5. The first-order valence-electron chi connectivity index (χ1n) is 5.82. The lowest BCUT2D eigenvalue weighted by Crippen LogP contribution is -2.35. The van der Waals surface area contributed by atoms with Crippen LogP contribution in [0.1, 0.15) is 5.56 Å². The molecule has 0 aromatic heterocycles. The molecule has 0 aliphatic rings. The van der Waals surface area contributed by atoms with Gasteiger partial charge >= 0.3 is 0 Å². The van der Waals surface area contributed by atoms with Gasteiger partial charge in [-0.2, -0.15) is 0 Å². The summed E-state index contributed by atoms with van der Waals surface area (Å²) in [7, 11) is 3.61. The van der Waals surface area contributed by atoms with Crippen LogP contribution >= 0.6 is 24.0 Å². The number of benzene rings is 1. The van der Waals surface area contributed by atoms with Crippen LogP contribution in [0, 0.1) is 6.92 Å². The summed E-state index contributed by atoms with van der Waals surface area (Å²) in [5.41, 5.74) is 0.852. The zero-order valence-corrected chi connectivity index (χ0v) is 13.0. The summed E-state index contributed by atoms with van der Waals surface area (Å²) < 4.78 is 5.48. The number of rotatable bonds is 6. The van der Waals surface area contributed by atoms with Crippen LogP contribution in [0.5, 0.6) is 5.75 Å². The molecular weight excluding hydrogens is 287 g/mol. The van der Waals surface area contributed by atoms with E-state index in [0.29, 0.717) is 17.3 Å². The molecule has 1 rings (SSSR count). The third-order valence-corrected chi connectivity index (χ3v) is 3.10. The van der Waals surface area contributed by atoms with Gasteiger partial charge in [0, 0.05) is 30.7 Å². The van der Waals surface area contributed by atoms with E-state index in [-0.39, 0.29) is 24.9 Å². The van der Waals surface area contributed by atoms with E-state index in [4.69, 9.17) is 16.3 Å². The van der Waals surface area contributed by atoms with E-state index in [1.807, 2.05) is 20.0 Å². The van der Waals surface area contributed by atoms with Crippen LogP contribution in [-0.2, 0) is 4.79 Å². The number of hydrogen-bond donors (Lipinski definition) is 1. The summed E-state index contributed by atoms with van der Waals surface area (Å²) in [6.45, 7) is 3.32. The highest BCUT2D eigenvalue weighted by Crippen LogP contribution is 2.24. The number of halogens is 2. The van der Waals surface area contributed by atoms with Crippen molar-refractivity contribution in [2.45, 2.75) is 6.92 Å². The fourth-order valence-corrected chi connectivity index (χ4v) is 1.56. The topological polar surface area (TPSA) is 41.6 Å². The fourth-order valence-electron chi connectivity index (χ4n) is 1.40. The number of carbonyl (C=O) groups excluding carboxylic acids is 1. The molecule has 0 saturated carbocycles. The molecule has 19 heavy (non-hydrogen) atoms. The molecule has 0 aliphatic carbocycles. The Bertz CT molecular complexity index is 414. The van der Waals surface area contributed by atoms with E-state index in [0.717, 1.165) is 12.1 Å². The van der Waals surface area contributed by atoms with E-state index < -0.39 is 0 Å². The van der Waals surface area contributed by atoms with Crippen molar-refractivity contribution in [2.24, 2.45) is 0 Å². The molecule has 0 unspecified atom stereocenters. The lowest BCUT2D eigenvalue weighted by atomic mass is 10.2. The predicted molar refractivity (Wildman–Crippen MR) is 80.5 cm³/mol. The molecule has 1 N–H and O–H groups in total. The Balaban J connectivity index is 0.00000324. The average Bonchev–Trinajstić information content (AvgIpc) is 2.37. The van der Waals surface area contributed by atoms with Crippen LogP contribution in [-0.4, -0.2) is 44.6 Å². The van der Waals surface area contributed by atoms with Crippen molar-refractivity contribution in [3.63, 3.8) is 0 Å². The van der Waals surface area contributed by atoms with Gasteiger partial charge < -0.3 is 15.0 Å². The smallest absolute Gasteiger partial charge is 0.260 e. The Labute approximate surface area is 125 Å². The Morgan fingerprint density at radius 1 is 1.47 bits per heavy atom. The minimum absolute atomic E-state index is 0. The largest absolute Gasteiger partial charge is 0.483 e. The maximum Gasteiger partial charge on any atom is 0.260 e. The standard InChI is InChI=1S/C13H19ClN2O2.ClH/c1-10-11(14)5-4-6-12(10)18-9-13(17)16(3)8-7-15-2;/h4-6,15H,7-9H2,1-3H3;1H. The molecule has 0 saturated heterocycles. The Kier molecular flexibility index (Phi) is 8.56. The van der Waals surface area contributed by atoms with Crippen LogP contribution in [0.15, 0.2) is 18.2 Å². The molecule has 6 heteroatoms. The van der Waals surface area contributed by atoms with E-state index >= 15 is 0 Å². The van der Waals surface area contributed by atoms with Crippen LogP contribution in [0.3, 0.4) is 0 Å². The number of carbonyl (C=O) groups is 1. The molecule has 0 bridgehead atoms. The second kappa shape index (κ2) is 9.02. The van der Waals surface area contributed by atoms with E-state index in [1.165, 1.54) is 0 Å². The number of likely N-dealkylation sites (N-methyl/N-ethyl adjacent to an activating group) is 2. The summed E-state index contributed by atoms with van der Waals surface area (Å²) in [5, 5.41) is 3.63. The lowest BCUT2D eigenvalue weighted by Gasteiger charge is -2.17. The van der Waals surface area contributed by atoms with Crippen molar-refractivity contribution in [1.82, 2.24) is 10.2 Å². The van der Waals surface area contributed by atoms with Crippen molar-refractivity contribution >= 4 is 29.9 Å². The first-order chi connectivity index (χ1) is 8.56. The van der Waals surface area contributed by atoms with E-state index in [1.54, 1.807) is 24.1 Å². The van der Waals surface area contributed by atoms with E-state index in [9.17, 15) is 4.79 Å². The van der Waals surface area contributed by atoms with Crippen LogP contribution in [0.25, 0.3) is 0 Å². The second-order valence-electron chi connectivity index (χ2n) is 4.07. The van der Waals surface area contributed by atoms with Gasteiger partial charge in [-0.25, -0.2) is 0 Å². The number of hydrogen-bond acceptors (Lipinski definition) is 3. The van der Waals surface area contributed by atoms with Crippen LogP contribution < -0.4 is 10.1 Å². The highest BCUT2D eigenvalue weighted by atomic mass is 35.5. The fraction of sp³-hybridized carbons (Fsp3) is 0.462. The minimum atomic E-state index is -0.0513. The van der Waals surface area contributed by atoms with Gasteiger partial charge in [-0.1, -0.05) is 17.7 Å². The third-order valence-electron chi connectivity index (χ3n) is 2.69. The third kappa shape index (κ3) is 5.68. The van der Waals surface area contributed by atoms with Gasteiger partial charge in [0.1, 0.15) is 5.75 Å². The molecule has 0 fully saturated rings. The second-order valence-corrected chi connectivity index (χ2v) is 4.48. The Morgan fingerprint density at radius 2 is 2.16 bits per heavy atom. The summed E-state index contributed by atoms with van der Waals surface area (Å²) >= 11 is 5.98. The maximum absolute atomic E-state index is 11.8. The molecule has 1 amide bonds. The predicted octanol–water partition coefficient (Wildman–Crippen LogP) is 2.13. The molecule has 4 nitrogen and oxygen atoms in total. The van der Waals surface area contributed by atoms with Gasteiger partial charge in [0.25, 0.3) is 5.91 Å². The van der Waals surface area contributed by atoms with Gasteiger partial charge in [-0.3, -0.25) is 4.79 Å². The van der Waals surface area contributed by atoms with Gasteiger partial charge in [-0.05, 0) is 26.1 Å². The number of amides is 1. The molecule has 1 aromatic carbocycles. The molecule has 0 heterocycles. The molecule has 0 radical (unpaired) electrons. The number of nitrogens with one attached hydrogen (secondary N) is 1. The van der Waals surface area contributed by atoms with Crippen LogP contribution in [0.4, 0.5) is 0 Å². The summed E-state index contributed by atoms with van der Waals surface area (Å²) in [6, 6.07) is 5.41. The Morgan fingerprint density at radius 3 is 2.79 bits per heavy atom. The summed E-state index contributed by atoms with van der Waals surface area (Å²) in [5.74, 6) is 0.600. The van der Waals surface area contributed by atoms with Crippen LogP contribution in [0.2, 0.25) is 5.02 Å². The van der Waals surface area contributed by atoms with Crippen molar-refractivity contribution in [3.8, 4) is 5.75 Å². The van der Waals surface area contributed by atoms with E-state index in [2.05, 4.69) is 5.32 Å². The molecule has 1 aromatic rings. The maximum atomic E-state index is 11.8. The Hall–Kier alpha value is -0.970. The summed E-state index contributed by atoms with van der Waals surface area (Å²) in [6.07, 6.45) is 0. The molecule has 0 spiro atoms. The highest BCUT2D eigenvalue weighted by molar-refractivity contribution is 6.31. The number of nitrogens with zero attached hydrogens (tertiary/aromatic N) is 1. The van der Waals surface area contributed by atoms with Gasteiger partial charge in [0.2, 0.25) is 0 Å². The quantitative estimate of drug-likeness (QED) is 0.875. The van der Waals surface area contributed by atoms with Gasteiger partial charge in [0.05, 0.1) is 0 Å². The summed E-state index contributed by atoms with van der Waals surface area (Å²) in [4.78, 5) is 13.4.